The summed E-state index contributed by atoms with van der Waals surface area (Å²) in [4.78, 5) is 16.7. The number of aryl methyl sites for hydroxylation is 2. The number of carbonyl (C=O) groups is 1. The van der Waals surface area contributed by atoms with Crippen molar-refractivity contribution in [3.05, 3.63) is 69.7 Å². The molecule has 1 aromatic heterocycles. The first kappa shape index (κ1) is 22.3. The number of hydrogen-bond donors (Lipinski definition) is 1. The van der Waals surface area contributed by atoms with Crippen LogP contribution in [0.5, 0.6) is 11.5 Å². The highest BCUT2D eigenvalue weighted by Crippen LogP contribution is 2.28. The minimum absolute atomic E-state index is 0.323. The number of rotatable bonds is 9. The molecular weight excluding hydrogens is 414 g/mol. The van der Waals surface area contributed by atoms with Gasteiger partial charge in [0.05, 0.1) is 25.6 Å². The summed E-state index contributed by atoms with van der Waals surface area (Å²) in [7, 11) is 1.60. The van der Waals surface area contributed by atoms with Crippen molar-refractivity contribution in [2.75, 3.05) is 19.1 Å². The third-order valence-electron chi connectivity index (χ3n) is 4.33. The summed E-state index contributed by atoms with van der Waals surface area (Å²) in [5.41, 5.74) is 6.58. The average Bonchev–Trinajstić information content (AvgIpc) is 3.14. The van der Waals surface area contributed by atoms with Crippen LogP contribution < -0.4 is 14.9 Å². The van der Waals surface area contributed by atoms with Crippen LogP contribution in [0.1, 0.15) is 39.0 Å². The van der Waals surface area contributed by atoms with Crippen molar-refractivity contribution in [2.45, 2.75) is 27.4 Å². The van der Waals surface area contributed by atoms with Gasteiger partial charge < -0.3 is 14.2 Å². The van der Waals surface area contributed by atoms with Gasteiger partial charge in [-0.05, 0) is 50.1 Å². The summed E-state index contributed by atoms with van der Waals surface area (Å²) in [6.07, 6.45) is 1.65. The molecule has 0 amide bonds. The van der Waals surface area contributed by atoms with Gasteiger partial charge in [-0.3, -0.25) is 5.43 Å². The standard InChI is InChI=1S/C23H25N3O4S/c1-5-29-22(27)21-16(3)25-23(31-21)26-24-13-18-10-11-19(20(12-18)28-4)30-14-17-8-6-15(2)7-9-17/h6-13H,5,14H2,1-4H3,(H,25,26)/b24-13-. The monoisotopic (exact) mass is 439 g/mol. The van der Waals surface area contributed by atoms with Crippen LogP contribution in [0.25, 0.3) is 0 Å². The Kier molecular flexibility index (Phi) is 7.61. The molecule has 0 aliphatic heterocycles. The number of benzene rings is 2. The lowest BCUT2D eigenvalue weighted by Crippen LogP contribution is -2.03. The SMILES string of the molecule is CCOC(=O)c1sc(N/N=C\c2ccc(OCc3ccc(C)cc3)c(OC)c2)nc1C. The zero-order chi connectivity index (χ0) is 22.2. The van der Waals surface area contributed by atoms with Crippen molar-refractivity contribution in [3.63, 3.8) is 0 Å². The van der Waals surface area contributed by atoms with Crippen LogP contribution in [0, 0.1) is 13.8 Å². The highest BCUT2D eigenvalue weighted by Gasteiger charge is 2.16. The first-order valence-electron chi connectivity index (χ1n) is 9.80. The maximum Gasteiger partial charge on any atom is 0.350 e. The zero-order valence-electron chi connectivity index (χ0n) is 18.0. The fourth-order valence-electron chi connectivity index (χ4n) is 2.72. The molecule has 0 unspecified atom stereocenters. The Balaban J connectivity index is 1.63. The highest BCUT2D eigenvalue weighted by molar-refractivity contribution is 7.17. The van der Waals surface area contributed by atoms with Crippen molar-refractivity contribution in [3.8, 4) is 11.5 Å². The van der Waals surface area contributed by atoms with Gasteiger partial charge in [-0.15, -0.1) is 0 Å². The highest BCUT2D eigenvalue weighted by atomic mass is 32.1. The molecule has 3 rings (SSSR count). The van der Waals surface area contributed by atoms with Gasteiger partial charge in [-0.25, -0.2) is 9.78 Å². The van der Waals surface area contributed by atoms with E-state index in [1.807, 2.05) is 30.3 Å². The summed E-state index contributed by atoms with van der Waals surface area (Å²) in [5.74, 6) is 0.897. The van der Waals surface area contributed by atoms with Gasteiger partial charge in [0, 0.05) is 0 Å². The maximum atomic E-state index is 11.9. The zero-order valence-corrected chi connectivity index (χ0v) is 18.8. The van der Waals surface area contributed by atoms with Crippen molar-refractivity contribution in [2.24, 2.45) is 5.10 Å². The van der Waals surface area contributed by atoms with Crippen molar-refractivity contribution < 1.29 is 19.0 Å². The topological polar surface area (TPSA) is 82.0 Å². The summed E-state index contributed by atoms with van der Waals surface area (Å²) in [6.45, 7) is 6.36. The minimum atomic E-state index is -0.375. The molecule has 7 nitrogen and oxygen atoms in total. The number of nitrogens with one attached hydrogen (secondary N) is 1. The quantitative estimate of drug-likeness (QED) is 0.288. The van der Waals surface area contributed by atoms with E-state index < -0.39 is 0 Å². The van der Waals surface area contributed by atoms with Gasteiger partial charge in [-0.2, -0.15) is 5.10 Å². The molecule has 0 atom stereocenters. The van der Waals surface area contributed by atoms with E-state index >= 15 is 0 Å². The number of ether oxygens (including phenoxy) is 3. The van der Waals surface area contributed by atoms with Gasteiger partial charge in [-0.1, -0.05) is 41.2 Å². The molecule has 0 radical (unpaired) electrons. The Hall–Kier alpha value is -3.39. The first-order valence-corrected chi connectivity index (χ1v) is 10.6. The Morgan fingerprint density at radius 3 is 2.65 bits per heavy atom. The number of esters is 1. The minimum Gasteiger partial charge on any atom is -0.493 e. The number of anilines is 1. The van der Waals surface area contributed by atoms with Gasteiger partial charge >= 0.3 is 5.97 Å². The van der Waals surface area contributed by atoms with Crippen molar-refractivity contribution in [1.29, 1.82) is 0 Å². The van der Waals surface area contributed by atoms with Crippen LogP contribution in [-0.2, 0) is 11.3 Å². The Labute approximate surface area is 185 Å². The van der Waals surface area contributed by atoms with Crippen molar-refractivity contribution in [1.82, 2.24) is 4.98 Å². The Morgan fingerprint density at radius 1 is 1.16 bits per heavy atom. The van der Waals surface area contributed by atoms with Crippen LogP contribution in [0.4, 0.5) is 5.13 Å². The molecule has 162 valence electrons. The van der Waals surface area contributed by atoms with E-state index in [-0.39, 0.29) is 5.97 Å². The number of methoxy groups -OCH3 is 1. The molecule has 0 saturated carbocycles. The predicted octanol–water partition coefficient (Wildman–Crippen LogP) is 4.97. The molecular formula is C23H25N3O4S. The fourth-order valence-corrected chi connectivity index (χ4v) is 3.53. The second-order valence-corrected chi connectivity index (χ2v) is 7.71. The van der Waals surface area contributed by atoms with Crippen LogP contribution in [0.3, 0.4) is 0 Å². The lowest BCUT2D eigenvalue weighted by molar-refractivity contribution is 0.0531. The number of hydrogen-bond acceptors (Lipinski definition) is 8. The number of nitrogens with zero attached hydrogens (tertiary/aromatic N) is 2. The average molecular weight is 440 g/mol. The third-order valence-corrected chi connectivity index (χ3v) is 5.38. The van der Waals surface area contributed by atoms with E-state index in [9.17, 15) is 4.79 Å². The second-order valence-electron chi connectivity index (χ2n) is 6.71. The summed E-state index contributed by atoms with van der Waals surface area (Å²) in [5, 5.41) is 4.72. The molecule has 31 heavy (non-hydrogen) atoms. The van der Waals surface area contributed by atoms with E-state index in [1.165, 1.54) is 16.9 Å². The number of hydrazone groups is 1. The number of thiazole rings is 1. The summed E-state index contributed by atoms with van der Waals surface area (Å²) in [6, 6.07) is 13.8. The van der Waals surface area contributed by atoms with Crippen molar-refractivity contribution >= 4 is 28.7 Å². The summed E-state index contributed by atoms with van der Waals surface area (Å²) < 4.78 is 16.4. The molecule has 0 fully saturated rings. The predicted molar refractivity (Wildman–Crippen MR) is 123 cm³/mol. The molecule has 0 aliphatic carbocycles. The maximum absolute atomic E-state index is 11.9. The largest absolute Gasteiger partial charge is 0.493 e. The second kappa shape index (κ2) is 10.6. The molecule has 8 heteroatoms. The van der Waals surface area contributed by atoms with Crippen LogP contribution in [0.15, 0.2) is 47.6 Å². The number of carbonyl (C=O) groups excluding carboxylic acids is 1. The Morgan fingerprint density at radius 2 is 1.94 bits per heavy atom. The van der Waals surface area contributed by atoms with Crippen LogP contribution >= 0.6 is 11.3 Å². The van der Waals surface area contributed by atoms with Gasteiger partial charge in [0.2, 0.25) is 5.13 Å². The fraction of sp³-hybridized carbons (Fsp3) is 0.261. The molecule has 0 bridgehead atoms. The molecule has 1 heterocycles. The molecule has 2 aromatic carbocycles. The lowest BCUT2D eigenvalue weighted by Gasteiger charge is -2.11. The van der Waals surface area contributed by atoms with E-state index in [4.69, 9.17) is 14.2 Å². The Bertz CT molecular complexity index is 1060. The molecule has 0 aliphatic rings. The van der Waals surface area contributed by atoms with Crippen LogP contribution in [-0.4, -0.2) is 30.9 Å². The smallest absolute Gasteiger partial charge is 0.350 e. The molecule has 3 aromatic rings. The first-order chi connectivity index (χ1) is 15.0. The van der Waals surface area contributed by atoms with E-state index in [0.717, 1.165) is 11.1 Å². The van der Waals surface area contributed by atoms with Gasteiger partial charge in [0.25, 0.3) is 0 Å². The molecule has 0 saturated heterocycles. The van der Waals surface area contributed by atoms with E-state index in [0.29, 0.717) is 40.4 Å². The normalized spacial score (nSPS) is 10.8. The third kappa shape index (κ3) is 6.05. The lowest BCUT2D eigenvalue weighted by atomic mass is 10.2. The summed E-state index contributed by atoms with van der Waals surface area (Å²) >= 11 is 1.20. The van der Waals surface area contributed by atoms with Gasteiger partial charge in [0.1, 0.15) is 11.5 Å². The van der Waals surface area contributed by atoms with E-state index in [2.05, 4.69) is 34.6 Å². The number of aromatic nitrogens is 1. The molecule has 1 N–H and O–H groups in total. The van der Waals surface area contributed by atoms with Crippen LogP contribution in [0.2, 0.25) is 0 Å². The van der Waals surface area contributed by atoms with E-state index in [1.54, 1.807) is 27.2 Å². The van der Waals surface area contributed by atoms with Gasteiger partial charge in [0.15, 0.2) is 11.5 Å². The molecule has 0 spiro atoms.